The number of morpholine rings is 1. The summed E-state index contributed by atoms with van der Waals surface area (Å²) in [5, 5.41) is 26.9. The summed E-state index contributed by atoms with van der Waals surface area (Å²) in [4.78, 5) is 27.9. The number of hydrogen-bond donors (Lipinski definition) is 3. The molecule has 0 spiro atoms. The summed E-state index contributed by atoms with van der Waals surface area (Å²) in [6.07, 6.45) is 2.56. The van der Waals surface area contributed by atoms with Crippen LogP contribution in [0.5, 0.6) is 0 Å². The molecule has 0 saturated carbocycles. The monoisotopic (exact) mass is 513 g/mol. The van der Waals surface area contributed by atoms with Crippen LogP contribution in [0.1, 0.15) is 42.1 Å². The molecule has 3 unspecified atom stereocenters. The van der Waals surface area contributed by atoms with E-state index in [1.54, 1.807) is 4.68 Å². The first-order valence-corrected chi connectivity index (χ1v) is 12.4. The Hall–Kier alpha value is -3.69. The summed E-state index contributed by atoms with van der Waals surface area (Å²) in [7, 11) is 0. The van der Waals surface area contributed by atoms with E-state index in [1.165, 1.54) is 35.4 Å². The molecule has 11 nitrogen and oxygen atoms in total. The molecule has 3 atom stereocenters. The first-order valence-electron chi connectivity index (χ1n) is 12.4. The third-order valence-corrected chi connectivity index (χ3v) is 7.17. The summed E-state index contributed by atoms with van der Waals surface area (Å²) in [5.41, 5.74) is 6.28. The minimum absolute atomic E-state index is 0.0239. The van der Waals surface area contributed by atoms with Gasteiger partial charge in [0.05, 0.1) is 31.7 Å². The molecule has 0 radical (unpaired) electrons. The van der Waals surface area contributed by atoms with E-state index >= 15 is 0 Å². The van der Waals surface area contributed by atoms with Gasteiger partial charge in [0.2, 0.25) is 0 Å². The molecular weight excluding hydrogens is 481 g/mol. The van der Waals surface area contributed by atoms with Gasteiger partial charge in [0.15, 0.2) is 5.82 Å². The van der Waals surface area contributed by atoms with Gasteiger partial charge in [-0.1, -0.05) is 0 Å². The van der Waals surface area contributed by atoms with Gasteiger partial charge in [-0.2, -0.15) is 10.4 Å². The number of ether oxygens (including phenoxy) is 1. The molecule has 0 aliphatic carbocycles. The molecule has 2 fully saturated rings. The first kappa shape index (κ1) is 26.4. The molecule has 2 saturated heterocycles. The highest BCUT2D eigenvalue weighted by molar-refractivity contribution is 5.98. The number of carbonyl (C=O) groups is 2. The molecule has 1 aromatic heterocycles. The smallest absolute Gasteiger partial charge is 0.407 e. The van der Waals surface area contributed by atoms with Crippen molar-refractivity contribution in [2.24, 2.45) is 11.7 Å². The lowest BCUT2D eigenvalue weighted by molar-refractivity contribution is 0.0265. The maximum absolute atomic E-state index is 13.3. The number of nitrogens with zero attached hydrogens (tertiary/aromatic N) is 5. The number of aromatic nitrogens is 2. The summed E-state index contributed by atoms with van der Waals surface area (Å²) < 4.78 is 20.3. The van der Waals surface area contributed by atoms with Crippen LogP contribution in [0.25, 0.3) is 0 Å². The van der Waals surface area contributed by atoms with Crippen LogP contribution < -0.4 is 11.1 Å². The maximum Gasteiger partial charge on any atom is 0.407 e. The normalized spacial score (nSPS) is 21.2. The molecule has 37 heavy (non-hydrogen) atoms. The van der Waals surface area contributed by atoms with E-state index in [4.69, 9.17) is 10.5 Å². The van der Waals surface area contributed by atoms with Crippen molar-refractivity contribution in [3.05, 3.63) is 41.8 Å². The van der Waals surface area contributed by atoms with Crippen molar-refractivity contribution < 1.29 is 23.8 Å². The van der Waals surface area contributed by atoms with Crippen LogP contribution in [0.15, 0.2) is 30.5 Å². The number of carbonyl (C=O) groups excluding carboxylic acids is 1. The van der Waals surface area contributed by atoms with Gasteiger partial charge in [-0.25, -0.2) is 9.18 Å². The van der Waals surface area contributed by atoms with Gasteiger partial charge in [0, 0.05) is 44.1 Å². The van der Waals surface area contributed by atoms with Crippen molar-refractivity contribution in [1.29, 1.82) is 5.26 Å². The second kappa shape index (κ2) is 12.0. The predicted octanol–water partition coefficient (Wildman–Crippen LogP) is 2.80. The second-order valence-electron chi connectivity index (χ2n) is 9.45. The van der Waals surface area contributed by atoms with E-state index in [0.717, 1.165) is 19.6 Å². The molecule has 198 valence electrons. The number of anilines is 2. The number of hydrogen-bond acceptors (Lipinski definition) is 7. The Morgan fingerprint density at radius 3 is 2.65 bits per heavy atom. The van der Waals surface area contributed by atoms with Gasteiger partial charge < -0.3 is 25.8 Å². The lowest BCUT2D eigenvalue weighted by atomic mass is 9.83. The standard InChI is InChI=1S/C25H32FN7O4/c26-18-1-3-19(4-2-18)29-24-21(23(28)34)16-33(30-24)22(5-8-27)17-6-10-32(25(35)36)20(15-17)7-9-31-11-13-37-14-12-31/h1-4,16-17,20,22H,5-7,9-15H2,(H2,28,34)(H,29,30)(H,35,36). The van der Waals surface area contributed by atoms with Gasteiger partial charge >= 0.3 is 6.09 Å². The molecule has 2 aromatic rings. The minimum Gasteiger partial charge on any atom is -0.465 e. The van der Waals surface area contributed by atoms with Crippen molar-refractivity contribution in [1.82, 2.24) is 19.6 Å². The number of carboxylic acid groups (broad SMARTS) is 1. The average Bonchev–Trinajstić information content (AvgIpc) is 3.31. The minimum atomic E-state index is -0.942. The predicted molar refractivity (Wildman–Crippen MR) is 133 cm³/mol. The number of nitriles is 1. The largest absolute Gasteiger partial charge is 0.465 e. The van der Waals surface area contributed by atoms with Crippen LogP contribution in [0.3, 0.4) is 0 Å². The van der Waals surface area contributed by atoms with Crippen molar-refractivity contribution >= 4 is 23.5 Å². The lowest BCUT2D eigenvalue weighted by Crippen LogP contribution is -2.48. The van der Waals surface area contributed by atoms with Gasteiger partial charge in [-0.3, -0.25) is 14.4 Å². The van der Waals surface area contributed by atoms with E-state index < -0.39 is 17.8 Å². The number of piperidine rings is 1. The highest BCUT2D eigenvalue weighted by atomic mass is 19.1. The SMILES string of the molecule is N#CCC(C1CCN(C(=O)O)C(CCN2CCOCC2)C1)n1cc(C(N)=O)c(Nc2ccc(F)cc2)n1. The fraction of sp³-hybridized carbons (Fsp3) is 0.520. The molecule has 4 rings (SSSR count). The second-order valence-corrected chi connectivity index (χ2v) is 9.45. The Kier molecular flexibility index (Phi) is 8.58. The number of primary amides is 1. The van der Waals surface area contributed by atoms with E-state index in [-0.39, 0.29) is 35.8 Å². The molecule has 4 N–H and O–H groups in total. The fourth-order valence-electron chi connectivity index (χ4n) is 5.19. The van der Waals surface area contributed by atoms with Crippen molar-refractivity contribution in [3.8, 4) is 6.07 Å². The quantitative estimate of drug-likeness (QED) is 0.463. The zero-order chi connectivity index (χ0) is 26.4. The number of benzene rings is 1. The van der Waals surface area contributed by atoms with Gasteiger partial charge in [-0.05, 0) is 49.4 Å². The third kappa shape index (κ3) is 6.55. The lowest BCUT2D eigenvalue weighted by Gasteiger charge is -2.41. The Bertz CT molecular complexity index is 1130. The molecule has 2 aliphatic rings. The Morgan fingerprint density at radius 1 is 1.27 bits per heavy atom. The van der Waals surface area contributed by atoms with Crippen molar-refractivity contribution in [2.75, 3.05) is 44.7 Å². The molecule has 2 aliphatic heterocycles. The topological polar surface area (TPSA) is 150 Å². The van der Waals surface area contributed by atoms with E-state index in [2.05, 4.69) is 21.4 Å². The van der Waals surface area contributed by atoms with Crippen LogP contribution in [-0.2, 0) is 4.74 Å². The molecule has 2 amide bonds. The van der Waals surface area contributed by atoms with E-state index in [0.29, 0.717) is 44.7 Å². The molecule has 0 bridgehead atoms. The Balaban J connectivity index is 1.54. The first-order chi connectivity index (χ1) is 17.9. The van der Waals surface area contributed by atoms with E-state index in [9.17, 15) is 24.3 Å². The third-order valence-electron chi connectivity index (χ3n) is 7.17. The number of rotatable bonds is 9. The maximum atomic E-state index is 13.3. The number of likely N-dealkylation sites (tertiary alicyclic amines) is 1. The van der Waals surface area contributed by atoms with Crippen molar-refractivity contribution in [2.45, 2.75) is 37.8 Å². The Morgan fingerprint density at radius 2 is 2.00 bits per heavy atom. The van der Waals surface area contributed by atoms with Crippen LogP contribution in [0.4, 0.5) is 20.7 Å². The van der Waals surface area contributed by atoms with E-state index in [1.807, 2.05) is 0 Å². The van der Waals surface area contributed by atoms with Gasteiger partial charge in [0.25, 0.3) is 5.91 Å². The van der Waals surface area contributed by atoms with Crippen LogP contribution >= 0.6 is 0 Å². The van der Waals surface area contributed by atoms with Crippen LogP contribution in [-0.4, -0.2) is 82.1 Å². The number of nitrogens with one attached hydrogen (secondary N) is 1. The summed E-state index contributed by atoms with van der Waals surface area (Å²) >= 11 is 0. The zero-order valence-electron chi connectivity index (χ0n) is 20.6. The van der Waals surface area contributed by atoms with Crippen molar-refractivity contribution in [3.63, 3.8) is 0 Å². The molecule has 12 heteroatoms. The molecule has 3 heterocycles. The highest BCUT2D eigenvalue weighted by Gasteiger charge is 2.36. The average molecular weight is 514 g/mol. The van der Waals surface area contributed by atoms with Gasteiger partial charge in [-0.15, -0.1) is 0 Å². The number of halogens is 1. The summed E-state index contributed by atoms with van der Waals surface area (Å²) in [6, 6.07) is 7.27. The van der Waals surface area contributed by atoms with Crippen LogP contribution in [0.2, 0.25) is 0 Å². The zero-order valence-corrected chi connectivity index (χ0v) is 20.6. The number of nitrogens with two attached hydrogens (primary N) is 1. The highest BCUT2D eigenvalue weighted by Crippen LogP contribution is 2.36. The summed E-state index contributed by atoms with van der Waals surface area (Å²) in [6.45, 7) is 4.14. The summed E-state index contributed by atoms with van der Waals surface area (Å²) in [5.74, 6) is -0.884. The molecular formula is C25H32FN7O4. The van der Waals surface area contributed by atoms with Crippen LogP contribution in [0, 0.1) is 23.1 Å². The van der Waals surface area contributed by atoms with Gasteiger partial charge in [0.1, 0.15) is 11.4 Å². The molecule has 1 aromatic carbocycles. The number of amides is 2. The fourth-order valence-corrected chi connectivity index (χ4v) is 5.19. The Labute approximate surface area is 214 Å².